The predicted molar refractivity (Wildman–Crippen MR) is 57.9 cm³/mol. The maximum Gasteiger partial charge on any atom is 0.0450 e. The summed E-state index contributed by atoms with van der Waals surface area (Å²) < 4.78 is 0. The Bertz CT molecular complexity index is 305. The van der Waals surface area contributed by atoms with Crippen molar-refractivity contribution in [1.82, 2.24) is 0 Å². The molecule has 1 heterocycles. The van der Waals surface area contributed by atoms with Crippen molar-refractivity contribution in [2.24, 2.45) is 11.7 Å². The molecule has 1 nitrogen and oxygen atoms in total. The molecular formula is C11H17NS. The smallest absolute Gasteiger partial charge is 0.0450 e. The molecule has 0 spiro atoms. The number of hydrogen-bond donors (Lipinski definition) is 1. The lowest BCUT2D eigenvalue weighted by atomic mass is 10.0. The van der Waals surface area contributed by atoms with Crippen LogP contribution < -0.4 is 5.73 Å². The molecule has 1 aliphatic carbocycles. The summed E-state index contributed by atoms with van der Waals surface area (Å²) in [5, 5.41) is 2.23. The van der Waals surface area contributed by atoms with Crippen molar-refractivity contribution < 1.29 is 0 Å². The first-order valence-corrected chi connectivity index (χ1v) is 5.89. The van der Waals surface area contributed by atoms with Gasteiger partial charge in [0.15, 0.2) is 0 Å². The Kier molecular flexibility index (Phi) is 2.20. The van der Waals surface area contributed by atoms with Crippen LogP contribution in [0.5, 0.6) is 0 Å². The number of aryl methyl sites for hydroxylation is 1. The van der Waals surface area contributed by atoms with Gasteiger partial charge in [0.05, 0.1) is 0 Å². The van der Waals surface area contributed by atoms with Gasteiger partial charge in [-0.2, -0.15) is 0 Å². The van der Waals surface area contributed by atoms with E-state index in [9.17, 15) is 0 Å². The van der Waals surface area contributed by atoms with Crippen LogP contribution in [0.25, 0.3) is 0 Å². The van der Waals surface area contributed by atoms with Gasteiger partial charge in [-0.15, -0.1) is 11.3 Å². The number of thiophene rings is 1. The van der Waals surface area contributed by atoms with Crippen LogP contribution in [-0.4, -0.2) is 0 Å². The van der Waals surface area contributed by atoms with Gasteiger partial charge in [-0.3, -0.25) is 0 Å². The molecule has 0 bridgehead atoms. The zero-order valence-electron chi connectivity index (χ0n) is 8.34. The van der Waals surface area contributed by atoms with Crippen LogP contribution in [0.3, 0.4) is 0 Å². The number of rotatable bonds is 3. The number of nitrogens with two attached hydrogens (primary N) is 1. The van der Waals surface area contributed by atoms with E-state index in [0.29, 0.717) is 0 Å². The second-order valence-electron chi connectivity index (χ2n) is 4.18. The van der Waals surface area contributed by atoms with Crippen LogP contribution in [0.2, 0.25) is 0 Å². The second kappa shape index (κ2) is 3.10. The van der Waals surface area contributed by atoms with Crippen LogP contribution in [-0.2, 0) is 5.54 Å². The monoisotopic (exact) mass is 195 g/mol. The average Bonchev–Trinajstić information content (AvgIpc) is 2.57. The van der Waals surface area contributed by atoms with E-state index in [0.717, 1.165) is 5.92 Å². The Hall–Kier alpha value is -0.340. The van der Waals surface area contributed by atoms with Crippen LogP contribution in [0.1, 0.15) is 36.6 Å². The lowest BCUT2D eigenvalue weighted by Crippen LogP contribution is -2.21. The van der Waals surface area contributed by atoms with Crippen molar-refractivity contribution in [2.75, 3.05) is 0 Å². The summed E-state index contributed by atoms with van der Waals surface area (Å²) in [4.78, 5) is 1.38. The first-order valence-electron chi connectivity index (χ1n) is 5.01. The quantitative estimate of drug-likeness (QED) is 0.788. The maximum absolute atomic E-state index is 6.32. The fourth-order valence-corrected chi connectivity index (χ4v) is 2.89. The molecule has 0 saturated heterocycles. The first kappa shape index (κ1) is 9.22. The third-order valence-electron chi connectivity index (χ3n) is 3.06. The highest BCUT2D eigenvalue weighted by atomic mass is 32.1. The Morgan fingerprint density at radius 1 is 1.69 bits per heavy atom. The van der Waals surface area contributed by atoms with Gasteiger partial charge in [0, 0.05) is 10.4 Å². The lowest BCUT2D eigenvalue weighted by Gasteiger charge is -2.08. The van der Waals surface area contributed by atoms with Gasteiger partial charge in [0.25, 0.3) is 0 Å². The molecule has 0 aromatic carbocycles. The van der Waals surface area contributed by atoms with Crippen LogP contribution in [0, 0.1) is 12.8 Å². The highest BCUT2D eigenvalue weighted by molar-refractivity contribution is 7.10. The van der Waals surface area contributed by atoms with E-state index in [1.165, 1.54) is 29.7 Å². The molecule has 72 valence electrons. The fourth-order valence-electron chi connectivity index (χ4n) is 2.10. The van der Waals surface area contributed by atoms with E-state index >= 15 is 0 Å². The largest absolute Gasteiger partial charge is 0.321 e. The van der Waals surface area contributed by atoms with Crippen molar-refractivity contribution in [3.05, 3.63) is 21.9 Å². The van der Waals surface area contributed by atoms with Gasteiger partial charge in [0.2, 0.25) is 0 Å². The van der Waals surface area contributed by atoms with E-state index < -0.39 is 0 Å². The summed E-state index contributed by atoms with van der Waals surface area (Å²) in [5.41, 5.74) is 7.73. The molecule has 1 fully saturated rings. The van der Waals surface area contributed by atoms with Gasteiger partial charge in [-0.25, -0.2) is 0 Å². The zero-order valence-corrected chi connectivity index (χ0v) is 9.16. The fraction of sp³-hybridized carbons (Fsp3) is 0.636. The SMILES string of the molecule is CCCC1CC1(N)c1csc(C)c1. The molecule has 1 aliphatic rings. The summed E-state index contributed by atoms with van der Waals surface area (Å²) in [6.45, 7) is 4.38. The molecule has 1 aromatic heterocycles. The minimum absolute atomic E-state index is 0.0424. The van der Waals surface area contributed by atoms with Gasteiger partial charge in [0.1, 0.15) is 0 Å². The lowest BCUT2D eigenvalue weighted by molar-refractivity contribution is 0.585. The van der Waals surface area contributed by atoms with Gasteiger partial charge < -0.3 is 5.73 Å². The average molecular weight is 195 g/mol. The zero-order chi connectivity index (χ0) is 9.47. The van der Waals surface area contributed by atoms with Crippen molar-refractivity contribution in [3.8, 4) is 0 Å². The van der Waals surface area contributed by atoms with Crippen LogP contribution in [0.4, 0.5) is 0 Å². The summed E-state index contributed by atoms with van der Waals surface area (Å²) in [6, 6.07) is 2.25. The topological polar surface area (TPSA) is 26.0 Å². The molecule has 1 aromatic rings. The third-order valence-corrected chi connectivity index (χ3v) is 3.92. The Labute approximate surface area is 84.0 Å². The molecule has 0 aliphatic heterocycles. The van der Waals surface area contributed by atoms with Crippen LogP contribution in [0.15, 0.2) is 11.4 Å². The molecule has 2 atom stereocenters. The molecule has 2 heteroatoms. The van der Waals surface area contributed by atoms with E-state index in [2.05, 4.69) is 25.3 Å². The van der Waals surface area contributed by atoms with Gasteiger partial charge >= 0.3 is 0 Å². The number of hydrogen-bond acceptors (Lipinski definition) is 2. The molecule has 13 heavy (non-hydrogen) atoms. The van der Waals surface area contributed by atoms with E-state index in [-0.39, 0.29) is 5.54 Å². The Morgan fingerprint density at radius 3 is 3.00 bits per heavy atom. The third kappa shape index (κ3) is 1.53. The molecule has 0 amide bonds. The van der Waals surface area contributed by atoms with Gasteiger partial charge in [-0.1, -0.05) is 13.3 Å². The predicted octanol–water partition coefficient (Wildman–Crippen LogP) is 3.03. The minimum Gasteiger partial charge on any atom is -0.321 e. The molecule has 2 N–H and O–H groups in total. The molecule has 2 unspecified atom stereocenters. The van der Waals surface area contributed by atoms with Crippen molar-refractivity contribution >= 4 is 11.3 Å². The van der Waals surface area contributed by atoms with Gasteiger partial charge in [-0.05, 0) is 42.7 Å². The second-order valence-corrected chi connectivity index (χ2v) is 5.29. The normalized spacial score (nSPS) is 32.1. The molecule has 0 radical (unpaired) electrons. The molecular weight excluding hydrogens is 178 g/mol. The molecule has 1 saturated carbocycles. The Morgan fingerprint density at radius 2 is 2.46 bits per heavy atom. The first-order chi connectivity index (χ1) is 6.16. The summed E-state index contributed by atoms with van der Waals surface area (Å²) in [6.07, 6.45) is 3.73. The van der Waals surface area contributed by atoms with E-state index in [1.807, 2.05) is 11.3 Å². The molecule has 2 rings (SSSR count). The maximum atomic E-state index is 6.32. The minimum atomic E-state index is 0.0424. The Balaban J connectivity index is 2.11. The van der Waals surface area contributed by atoms with E-state index in [4.69, 9.17) is 5.73 Å². The van der Waals surface area contributed by atoms with E-state index in [1.54, 1.807) is 0 Å². The highest BCUT2D eigenvalue weighted by Gasteiger charge is 2.51. The highest BCUT2D eigenvalue weighted by Crippen LogP contribution is 2.52. The summed E-state index contributed by atoms with van der Waals surface area (Å²) in [5.74, 6) is 0.742. The summed E-state index contributed by atoms with van der Waals surface area (Å²) >= 11 is 1.81. The van der Waals surface area contributed by atoms with Crippen molar-refractivity contribution in [1.29, 1.82) is 0 Å². The summed E-state index contributed by atoms with van der Waals surface area (Å²) in [7, 11) is 0. The standard InChI is InChI=1S/C11H17NS/c1-3-4-9-6-11(9,12)10-5-8(2)13-7-10/h5,7,9H,3-4,6,12H2,1-2H3. The van der Waals surface area contributed by atoms with Crippen molar-refractivity contribution in [3.63, 3.8) is 0 Å². The van der Waals surface area contributed by atoms with Crippen molar-refractivity contribution in [2.45, 2.75) is 38.6 Å². The van der Waals surface area contributed by atoms with Crippen LogP contribution >= 0.6 is 11.3 Å².